The summed E-state index contributed by atoms with van der Waals surface area (Å²) in [5.74, 6) is -0.290. The molecule has 0 amide bonds. The van der Waals surface area contributed by atoms with Crippen LogP contribution in [0.4, 0.5) is 4.39 Å². The minimum atomic E-state index is -0.340. The van der Waals surface area contributed by atoms with Gasteiger partial charge in [0.1, 0.15) is 17.3 Å². The largest absolute Gasteiger partial charge is 0.245 e. The molecule has 0 radical (unpaired) electrons. The van der Waals surface area contributed by atoms with E-state index in [1.165, 1.54) is 18.5 Å². The molecule has 2 aromatic heterocycles. The van der Waals surface area contributed by atoms with E-state index in [0.29, 0.717) is 22.7 Å². The van der Waals surface area contributed by atoms with E-state index in [1.54, 1.807) is 23.0 Å². The minimum absolute atomic E-state index is 0.290. The van der Waals surface area contributed by atoms with Crippen molar-refractivity contribution in [2.45, 2.75) is 11.9 Å². The number of fused-ring (bicyclic) bond motifs is 1. The number of rotatable bonds is 3. The lowest BCUT2D eigenvalue weighted by Crippen LogP contribution is -2.07. The SMILES string of the molecule is Fc1ccc(C(Cl)Cn2ncc3c(Cl)ncnc32)cc1. The number of halogens is 3. The van der Waals surface area contributed by atoms with Gasteiger partial charge in [-0.1, -0.05) is 23.7 Å². The molecular formula is C13H9Cl2FN4. The summed E-state index contributed by atoms with van der Waals surface area (Å²) < 4.78 is 14.5. The second kappa shape index (κ2) is 5.34. The summed E-state index contributed by atoms with van der Waals surface area (Å²) in [5, 5.41) is 4.90. The molecule has 0 spiro atoms. The van der Waals surface area contributed by atoms with E-state index in [1.807, 2.05) is 0 Å². The van der Waals surface area contributed by atoms with Crippen molar-refractivity contribution in [3.8, 4) is 0 Å². The molecule has 0 aliphatic heterocycles. The van der Waals surface area contributed by atoms with Crippen LogP contribution in [0.2, 0.25) is 5.15 Å². The van der Waals surface area contributed by atoms with Crippen LogP contribution in [0.3, 0.4) is 0 Å². The summed E-state index contributed by atoms with van der Waals surface area (Å²) in [5.41, 5.74) is 1.44. The Bertz CT molecular complexity index is 742. The summed E-state index contributed by atoms with van der Waals surface area (Å²) in [4.78, 5) is 8.04. The summed E-state index contributed by atoms with van der Waals surface area (Å²) in [6.45, 7) is 0.407. The van der Waals surface area contributed by atoms with Gasteiger partial charge >= 0.3 is 0 Å². The third-order valence-corrected chi connectivity index (χ3v) is 3.64. The van der Waals surface area contributed by atoms with Crippen LogP contribution >= 0.6 is 23.2 Å². The van der Waals surface area contributed by atoms with Crippen molar-refractivity contribution in [2.24, 2.45) is 0 Å². The summed E-state index contributed by atoms with van der Waals surface area (Å²) in [6, 6.07) is 6.07. The molecule has 7 heteroatoms. The van der Waals surface area contributed by atoms with Crippen LogP contribution in [0.15, 0.2) is 36.8 Å². The molecule has 3 aromatic rings. The van der Waals surface area contributed by atoms with E-state index in [2.05, 4.69) is 15.1 Å². The average molecular weight is 311 g/mol. The Morgan fingerprint density at radius 3 is 2.70 bits per heavy atom. The van der Waals surface area contributed by atoms with Gasteiger partial charge in [0.25, 0.3) is 0 Å². The lowest BCUT2D eigenvalue weighted by molar-refractivity contribution is 0.609. The molecule has 20 heavy (non-hydrogen) atoms. The molecule has 0 aliphatic rings. The Balaban J connectivity index is 1.89. The van der Waals surface area contributed by atoms with Crippen LogP contribution in [0, 0.1) is 5.82 Å². The fourth-order valence-corrected chi connectivity index (χ4v) is 2.38. The zero-order chi connectivity index (χ0) is 14.1. The molecule has 2 heterocycles. The van der Waals surface area contributed by atoms with Crippen LogP contribution < -0.4 is 0 Å². The van der Waals surface area contributed by atoms with Crippen molar-refractivity contribution < 1.29 is 4.39 Å². The topological polar surface area (TPSA) is 43.6 Å². The monoisotopic (exact) mass is 310 g/mol. The van der Waals surface area contributed by atoms with Crippen LogP contribution in [-0.4, -0.2) is 19.7 Å². The summed E-state index contributed by atoms with van der Waals surface area (Å²) in [6.07, 6.45) is 2.98. The first-order valence-electron chi connectivity index (χ1n) is 5.86. The summed E-state index contributed by atoms with van der Waals surface area (Å²) >= 11 is 12.3. The highest BCUT2D eigenvalue weighted by Crippen LogP contribution is 2.25. The molecule has 1 aromatic carbocycles. The third kappa shape index (κ3) is 2.46. The molecule has 0 bridgehead atoms. The highest BCUT2D eigenvalue weighted by Gasteiger charge is 2.13. The van der Waals surface area contributed by atoms with Gasteiger partial charge in [-0.15, -0.1) is 11.6 Å². The molecule has 1 atom stereocenters. The Kier molecular flexibility index (Phi) is 3.54. The quantitative estimate of drug-likeness (QED) is 0.548. The number of nitrogens with zero attached hydrogens (tertiary/aromatic N) is 4. The van der Waals surface area contributed by atoms with Crippen molar-refractivity contribution >= 4 is 34.2 Å². The van der Waals surface area contributed by atoms with E-state index < -0.39 is 0 Å². The van der Waals surface area contributed by atoms with Crippen LogP contribution in [0.1, 0.15) is 10.9 Å². The van der Waals surface area contributed by atoms with Gasteiger partial charge in [-0.2, -0.15) is 5.10 Å². The lowest BCUT2D eigenvalue weighted by Gasteiger charge is -2.10. The highest BCUT2D eigenvalue weighted by atomic mass is 35.5. The fourth-order valence-electron chi connectivity index (χ4n) is 1.93. The molecule has 3 rings (SSSR count). The van der Waals surface area contributed by atoms with Crippen molar-refractivity contribution in [1.29, 1.82) is 0 Å². The number of aromatic nitrogens is 4. The van der Waals surface area contributed by atoms with Gasteiger partial charge < -0.3 is 0 Å². The first-order valence-corrected chi connectivity index (χ1v) is 6.68. The maximum Gasteiger partial charge on any atom is 0.162 e. The number of benzene rings is 1. The number of hydrogen-bond acceptors (Lipinski definition) is 3. The molecule has 0 fully saturated rings. The van der Waals surface area contributed by atoms with E-state index in [-0.39, 0.29) is 11.2 Å². The van der Waals surface area contributed by atoms with Gasteiger partial charge in [0, 0.05) is 0 Å². The Morgan fingerprint density at radius 2 is 1.95 bits per heavy atom. The second-order valence-corrected chi connectivity index (χ2v) is 5.13. The minimum Gasteiger partial charge on any atom is -0.245 e. The Morgan fingerprint density at radius 1 is 1.20 bits per heavy atom. The molecule has 102 valence electrons. The Labute approximate surface area is 124 Å². The van der Waals surface area contributed by atoms with Gasteiger partial charge in [0.05, 0.1) is 23.5 Å². The van der Waals surface area contributed by atoms with Crippen LogP contribution in [0.25, 0.3) is 11.0 Å². The smallest absolute Gasteiger partial charge is 0.162 e. The predicted molar refractivity (Wildman–Crippen MR) is 75.3 cm³/mol. The van der Waals surface area contributed by atoms with Crippen molar-refractivity contribution in [2.75, 3.05) is 0 Å². The molecule has 0 aliphatic carbocycles. The van der Waals surface area contributed by atoms with Crippen LogP contribution in [-0.2, 0) is 6.54 Å². The van der Waals surface area contributed by atoms with Gasteiger partial charge in [0.2, 0.25) is 0 Å². The maximum absolute atomic E-state index is 12.9. The van der Waals surface area contributed by atoms with Gasteiger partial charge in [-0.05, 0) is 17.7 Å². The summed E-state index contributed by atoms with van der Waals surface area (Å²) in [7, 11) is 0. The first kappa shape index (κ1) is 13.3. The molecule has 0 saturated carbocycles. The molecule has 4 nitrogen and oxygen atoms in total. The normalized spacial score (nSPS) is 12.8. The van der Waals surface area contributed by atoms with Crippen LogP contribution in [0.5, 0.6) is 0 Å². The van der Waals surface area contributed by atoms with Crippen molar-refractivity contribution in [1.82, 2.24) is 19.7 Å². The number of hydrogen-bond donors (Lipinski definition) is 0. The third-order valence-electron chi connectivity index (χ3n) is 2.95. The zero-order valence-electron chi connectivity index (χ0n) is 10.2. The average Bonchev–Trinajstić information content (AvgIpc) is 2.84. The lowest BCUT2D eigenvalue weighted by atomic mass is 10.1. The van der Waals surface area contributed by atoms with E-state index in [9.17, 15) is 4.39 Å². The van der Waals surface area contributed by atoms with Crippen molar-refractivity contribution in [3.05, 3.63) is 53.3 Å². The van der Waals surface area contributed by atoms with Gasteiger partial charge in [-0.3, -0.25) is 0 Å². The molecule has 0 saturated heterocycles. The Hall–Kier alpha value is -1.72. The van der Waals surface area contributed by atoms with Gasteiger partial charge in [0.15, 0.2) is 5.65 Å². The first-order chi connectivity index (χ1) is 9.65. The molecule has 1 unspecified atom stereocenters. The maximum atomic E-state index is 12.9. The highest BCUT2D eigenvalue weighted by molar-refractivity contribution is 6.33. The predicted octanol–water partition coefficient (Wildman–Crippen LogP) is 3.60. The van der Waals surface area contributed by atoms with E-state index in [4.69, 9.17) is 23.2 Å². The zero-order valence-corrected chi connectivity index (χ0v) is 11.7. The molecular weight excluding hydrogens is 302 g/mol. The standard InChI is InChI=1S/C13H9Cl2FN4/c14-11(8-1-3-9(16)4-2-8)6-20-13-10(5-19-20)12(15)17-7-18-13/h1-5,7,11H,6H2. The second-order valence-electron chi connectivity index (χ2n) is 4.25. The van der Waals surface area contributed by atoms with Crippen molar-refractivity contribution in [3.63, 3.8) is 0 Å². The van der Waals surface area contributed by atoms with E-state index >= 15 is 0 Å². The number of alkyl halides is 1. The molecule has 0 N–H and O–H groups in total. The van der Waals surface area contributed by atoms with E-state index in [0.717, 1.165) is 5.56 Å². The fraction of sp³-hybridized carbons (Fsp3) is 0.154. The van der Waals surface area contributed by atoms with Gasteiger partial charge in [-0.25, -0.2) is 19.0 Å².